The molecule has 2 nitrogen and oxygen atoms in total. The summed E-state index contributed by atoms with van der Waals surface area (Å²) in [5.41, 5.74) is -0.380. The van der Waals surface area contributed by atoms with E-state index in [4.69, 9.17) is 9.47 Å². The molecule has 0 fully saturated rings. The Kier molecular flexibility index (Phi) is 14.1. The van der Waals surface area contributed by atoms with Gasteiger partial charge in [-0.25, -0.2) is 13.2 Å². The van der Waals surface area contributed by atoms with E-state index >= 15 is 0 Å². The van der Waals surface area contributed by atoms with Crippen molar-refractivity contribution in [2.45, 2.75) is 90.9 Å². The summed E-state index contributed by atoms with van der Waals surface area (Å²) in [6.45, 7) is 5.44. The molecule has 2 aromatic rings. The van der Waals surface area contributed by atoms with E-state index in [-0.39, 0.29) is 5.56 Å². The molecule has 2 rings (SSSR count). The fourth-order valence-corrected chi connectivity index (χ4v) is 3.85. The number of benzene rings is 2. The Morgan fingerprint density at radius 1 is 0.600 bits per heavy atom. The van der Waals surface area contributed by atoms with Crippen molar-refractivity contribution in [3.05, 3.63) is 59.4 Å². The van der Waals surface area contributed by atoms with Gasteiger partial charge >= 0.3 is 0 Å². The van der Waals surface area contributed by atoms with Gasteiger partial charge < -0.3 is 9.47 Å². The second kappa shape index (κ2) is 17.1. The number of ether oxygens (including phenoxy) is 2. The smallest absolute Gasteiger partial charge is 0.169 e. The number of halogens is 3. The van der Waals surface area contributed by atoms with Crippen LogP contribution in [-0.2, 0) is 0 Å². The molecular formula is C30H41F3O2. The molecule has 0 unspecified atom stereocenters. The molecule has 0 radical (unpaired) electrons. The Hall–Kier alpha value is -2.43. The van der Waals surface area contributed by atoms with Crippen LogP contribution in [0.3, 0.4) is 0 Å². The van der Waals surface area contributed by atoms with Gasteiger partial charge in [0.15, 0.2) is 11.7 Å². The van der Waals surface area contributed by atoms with Gasteiger partial charge in [-0.2, -0.15) is 0 Å². The van der Waals surface area contributed by atoms with Crippen LogP contribution in [0.5, 0.6) is 11.5 Å². The van der Waals surface area contributed by atoms with E-state index < -0.39 is 23.0 Å². The highest BCUT2D eigenvalue weighted by molar-refractivity contribution is 5.83. The first kappa shape index (κ1) is 28.8. The van der Waals surface area contributed by atoms with Crippen molar-refractivity contribution >= 4 is 11.7 Å². The highest BCUT2D eigenvalue weighted by Gasteiger charge is 2.16. The van der Waals surface area contributed by atoms with Crippen LogP contribution in [0.15, 0.2) is 42.5 Å². The molecule has 0 N–H and O–H groups in total. The average Bonchev–Trinajstić information content (AvgIpc) is 2.87. The van der Waals surface area contributed by atoms with Gasteiger partial charge in [-0.15, -0.1) is 0 Å². The summed E-state index contributed by atoms with van der Waals surface area (Å²) in [6, 6.07) is 9.91. The largest absolute Gasteiger partial charge is 0.494 e. The molecule has 2 aromatic carbocycles. The molecule has 35 heavy (non-hydrogen) atoms. The first-order valence-electron chi connectivity index (χ1n) is 13.3. The zero-order chi connectivity index (χ0) is 25.3. The van der Waals surface area contributed by atoms with Crippen LogP contribution < -0.4 is 9.47 Å². The summed E-state index contributed by atoms with van der Waals surface area (Å²) < 4.78 is 55.2. The summed E-state index contributed by atoms with van der Waals surface area (Å²) in [6.07, 6.45) is 13.8. The Bertz CT molecular complexity index is 878. The third kappa shape index (κ3) is 10.8. The van der Waals surface area contributed by atoms with E-state index in [1.165, 1.54) is 69.2 Å². The Morgan fingerprint density at radius 3 is 1.63 bits per heavy atom. The third-order valence-corrected chi connectivity index (χ3v) is 6.01. The molecule has 0 heterocycles. The van der Waals surface area contributed by atoms with Crippen LogP contribution in [0.2, 0.25) is 0 Å². The first-order chi connectivity index (χ1) is 17.1. The van der Waals surface area contributed by atoms with Crippen molar-refractivity contribution in [1.82, 2.24) is 0 Å². The van der Waals surface area contributed by atoms with Crippen molar-refractivity contribution in [2.75, 3.05) is 13.2 Å². The number of hydrogen-bond acceptors (Lipinski definition) is 2. The normalized spacial score (nSPS) is 11.9. The third-order valence-electron chi connectivity index (χ3n) is 6.01. The highest BCUT2D eigenvalue weighted by atomic mass is 19.2. The lowest BCUT2D eigenvalue weighted by Gasteiger charge is -2.09. The lowest BCUT2D eigenvalue weighted by atomic mass is 10.1. The maximum atomic E-state index is 14.7. The molecular weight excluding hydrogens is 449 g/mol. The molecule has 0 aliphatic carbocycles. The molecule has 0 saturated heterocycles. The van der Waals surface area contributed by atoms with Gasteiger partial charge in [0.2, 0.25) is 0 Å². The Labute approximate surface area is 209 Å². The lowest BCUT2D eigenvalue weighted by molar-refractivity contribution is 0.303. The van der Waals surface area contributed by atoms with Crippen molar-refractivity contribution in [1.29, 1.82) is 0 Å². The zero-order valence-corrected chi connectivity index (χ0v) is 21.4. The lowest BCUT2D eigenvalue weighted by Crippen LogP contribution is -1.99. The topological polar surface area (TPSA) is 18.5 Å². The maximum absolute atomic E-state index is 14.7. The van der Waals surface area contributed by atoms with Gasteiger partial charge in [-0.1, -0.05) is 78.1 Å². The number of rotatable bonds is 18. The molecule has 0 saturated carbocycles. The standard InChI is InChI=1S/C30H41F3O2/c1-3-5-7-9-11-13-21-34-25-17-15-24(16-18-25)29(32)30(33)27-20-19-26(23-28(27)31)35-22-14-12-10-8-6-4-2/h15-20,23H,3-14,21-22H2,1-2H3/b30-29+. The summed E-state index contributed by atoms with van der Waals surface area (Å²) >= 11 is 0. The van der Waals surface area contributed by atoms with Crippen LogP contribution in [0.1, 0.15) is 102 Å². The highest BCUT2D eigenvalue weighted by Crippen LogP contribution is 2.32. The monoisotopic (exact) mass is 490 g/mol. The SMILES string of the molecule is CCCCCCCCOc1ccc(/C(F)=C(\F)c2ccc(OCCCCCCCC)cc2F)cc1. The Morgan fingerprint density at radius 2 is 1.09 bits per heavy atom. The van der Waals surface area contributed by atoms with Gasteiger partial charge in [0, 0.05) is 17.2 Å². The predicted molar refractivity (Wildman–Crippen MR) is 140 cm³/mol. The molecule has 0 spiro atoms. The molecule has 0 amide bonds. The van der Waals surface area contributed by atoms with Crippen molar-refractivity contribution in [2.24, 2.45) is 0 Å². The fraction of sp³-hybridized carbons (Fsp3) is 0.533. The van der Waals surface area contributed by atoms with Crippen molar-refractivity contribution in [3.8, 4) is 11.5 Å². The van der Waals surface area contributed by atoms with Crippen LogP contribution in [0.4, 0.5) is 13.2 Å². The minimum absolute atomic E-state index is 0.0391. The van der Waals surface area contributed by atoms with Gasteiger partial charge in [0.05, 0.1) is 13.2 Å². The van der Waals surface area contributed by atoms with Crippen molar-refractivity contribution in [3.63, 3.8) is 0 Å². The second-order valence-electron chi connectivity index (χ2n) is 9.03. The average molecular weight is 491 g/mol. The van der Waals surface area contributed by atoms with E-state index in [2.05, 4.69) is 13.8 Å². The molecule has 0 bridgehead atoms. The number of hydrogen-bond donors (Lipinski definition) is 0. The first-order valence-corrected chi connectivity index (χ1v) is 13.3. The second-order valence-corrected chi connectivity index (χ2v) is 9.03. The van der Waals surface area contributed by atoms with Crippen LogP contribution >= 0.6 is 0 Å². The summed E-state index contributed by atoms with van der Waals surface area (Å²) in [7, 11) is 0. The van der Waals surface area contributed by atoms with E-state index in [0.29, 0.717) is 24.7 Å². The minimum atomic E-state index is -1.23. The van der Waals surface area contributed by atoms with Gasteiger partial charge in [-0.3, -0.25) is 0 Å². The molecule has 5 heteroatoms. The quantitative estimate of drug-likeness (QED) is 0.153. The van der Waals surface area contributed by atoms with E-state index in [0.717, 1.165) is 38.2 Å². The predicted octanol–water partition coefficient (Wildman–Crippen LogP) is 10.1. The molecule has 0 aliphatic rings. The molecule has 194 valence electrons. The van der Waals surface area contributed by atoms with Gasteiger partial charge in [-0.05, 0) is 49.2 Å². The minimum Gasteiger partial charge on any atom is -0.494 e. The summed E-state index contributed by atoms with van der Waals surface area (Å²) in [5, 5.41) is 0. The summed E-state index contributed by atoms with van der Waals surface area (Å²) in [5.74, 6) is -2.26. The van der Waals surface area contributed by atoms with Gasteiger partial charge in [0.25, 0.3) is 0 Å². The van der Waals surface area contributed by atoms with Gasteiger partial charge in [0.1, 0.15) is 17.3 Å². The fourth-order valence-electron chi connectivity index (χ4n) is 3.85. The van der Waals surface area contributed by atoms with Crippen LogP contribution in [0.25, 0.3) is 11.7 Å². The molecule has 0 aliphatic heterocycles. The zero-order valence-electron chi connectivity index (χ0n) is 21.4. The van der Waals surface area contributed by atoms with E-state index in [1.54, 1.807) is 12.1 Å². The van der Waals surface area contributed by atoms with E-state index in [1.807, 2.05) is 0 Å². The van der Waals surface area contributed by atoms with Crippen LogP contribution in [-0.4, -0.2) is 13.2 Å². The molecule has 0 aromatic heterocycles. The molecule has 0 atom stereocenters. The summed E-state index contributed by atoms with van der Waals surface area (Å²) in [4.78, 5) is 0. The van der Waals surface area contributed by atoms with E-state index in [9.17, 15) is 13.2 Å². The Balaban J connectivity index is 1.85. The van der Waals surface area contributed by atoms with Crippen LogP contribution in [0, 0.1) is 5.82 Å². The number of unbranched alkanes of at least 4 members (excludes halogenated alkanes) is 10. The maximum Gasteiger partial charge on any atom is 0.169 e. The van der Waals surface area contributed by atoms with Crippen molar-refractivity contribution < 1.29 is 22.6 Å².